The number of aromatic hydroxyl groups is 1. The number of carbonyl (C=O) groups excluding carboxylic acids is 1. The van der Waals surface area contributed by atoms with Crippen molar-refractivity contribution in [3.63, 3.8) is 0 Å². The second kappa shape index (κ2) is 4.32. The highest BCUT2D eigenvalue weighted by Crippen LogP contribution is 2.24. The number of nitrogens with one attached hydrogen (secondary N) is 1. The summed E-state index contributed by atoms with van der Waals surface area (Å²) in [7, 11) is 3.28. The zero-order valence-electron chi connectivity index (χ0n) is 9.60. The Balaban J connectivity index is 2.27. The Morgan fingerprint density at radius 1 is 1.59 bits per heavy atom. The van der Waals surface area contributed by atoms with E-state index in [4.69, 9.17) is 4.42 Å². The van der Waals surface area contributed by atoms with Crippen molar-refractivity contribution in [2.75, 3.05) is 25.5 Å². The van der Waals surface area contributed by atoms with Crippen molar-refractivity contribution < 1.29 is 14.3 Å². The molecule has 90 valence electrons. The summed E-state index contributed by atoms with van der Waals surface area (Å²) in [6, 6.07) is 5.02. The molecule has 0 aliphatic rings. The Morgan fingerprint density at radius 3 is 3.06 bits per heavy atom. The summed E-state index contributed by atoms with van der Waals surface area (Å²) < 4.78 is 5.43. The molecule has 17 heavy (non-hydrogen) atoms. The van der Waals surface area contributed by atoms with Crippen LogP contribution in [0.1, 0.15) is 0 Å². The number of anilines is 1. The third kappa shape index (κ3) is 2.30. The van der Waals surface area contributed by atoms with E-state index >= 15 is 0 Å². The first kappa shape index (κ1) is 11.3. The number of benzene rings is 1. The van der Waals surface area contributed by atoms with E-state index < -0.39 is 0 Å². The molecule has 1 aromatic carbocycles. The van der Waals surface area contributed by atoms with Gasteiger partial charge in [0.1, 0.15) is 17.8 Å². The van der Waals surface area contributed by atoms with E-state index in [9.17, 15) is 9.90 Å². The van der Waals surface area contributed by atoms with Crippen molar-refractivity contribution in [3.05, 3.63) is 18.2 Å². The number of hydrogen-bond donors (Lipinski definition) is 2. The summed E-state index contributed by atoms with van der Waals surface area (Å²) in [5, 5.41) is 11.8. The van der Waals surface area contributed by atoms with E-state index in [1.54, 1.807) is 25.1 Å². The number of rotatable bonds is 3. The average Bonchev–Trinajstić information content (AvgIpc) is 2.71. The van der Waals surface area contributed by atoms with Gasteiger partial charge in [0.05, 0.1) is 0 Å². The minimum absolute atomic E-state index is 0.120. The number of carbonyl (C=O) groups is 1. The first-order valence-corrected chi connectivity index (χ1v) is 5.11. The zero-order valence-corrected chi connectivity index (χ0v) is 9.60. The van der Waals surface area contributed by atoms with Crippen molar-refractivity contribution in [2.45, 2.75) is 0 Å². The summed E-state index contributed by atoms with van der Waals surface area (Å²) >= 11 is 0. The average molecular weight is 235 g/mol. The molecule has 0 radical (unpaired) electrons. The summed E-state index contributed by atoms with van der Waals surface area (Å²) in [4.78, 5) is 17.0. The van der Waals surface area contributed by atoms with Gasteiger partial charge in [0.25, 0.3) is 6.01 Å². The number of phenols is 1. The van der Waals surface area contributed by atoms with Crippen LogP contribution in [0.3, 0.4) is 0 Å². The molecule has 0 aliphatic carbocycles. The van der Waals surface area contributed by atoms with Gasteiger partial charge >= 0.3 is 0 Å². The highest BCUT2D eigenvalue weighted by atomic mass is 16.4. The first-order chi connectivity index (χ1) is 8.10. The maximum atomic E-state index is 11.2. The maximum absolute atomic E-state index is 11.2. The highest BCUT2D eigenvalue weighted by molar-refractivity contribution is 5.81. The van der Waals surface area contributed by atoms with Gasteiger partial charge in [0, 0.05) is 20.2 Å². The van der Waals surface area contributed by atoms with Crippen LogP contribution in [0.15, 0.2) is 22.6 Å². The molecular weight excluding hydrogens is 222 g/mol. The fourth-order valence-electron chi connectivity index (χ4n) is 1.43. The van der Waals surface area contributed by atoms with Crippen molar-refractivity contribution in [3.8, 4) is 5.75 Å². The van der Waals surface area contributed by atoms with Gasteiger partial charge in [0.2, 0.25) is 5.91 Å². The summed E-state index contributed by atoms with van der Waals surface area (Å²) in [5.41, 5.74) is 1.13. The smallest absolute Gasteiger partial charge is 0.298 e. The second-order valence-electron chi connectivity index (χ2n) is 3.68. The number of likely N-dealkylation sites (N-methyl/N-ethyl adjacent to an activating group) is 2. The largest absolute Gasteiger partial charge is 0.508 e. The van der Waals surface area contributed by atoms with E-state index in [1.807, 2.05) is 0 Å². The van der Waals surface area contributed by atoms with Gasteiger partial charge in [-0.3, -0.25) is 4.79 Å². The highest BCUT2D eigenvalue weighted by Gasteiger charge is 2.13. The molecule has 0 unspecified atom stereocenters. The maximum Gasteiger partial charge on any atom is 0.298 e. The third-order valence-electron chi connectivity index (χ3n) is 2.35. The molecule has 6 heteroatoms. The molecule has 2 rings (SSSR count). The fraction of sp³-hybridized carbons (Fsp3) is 0.273. The topological polar surface area (TPSA) is 78.6 Å². The molecule has 2 aromatic rings. The third-order valence-corrected chi connectivity index (χ3v) is 2.35. The molecule has 0 aliphatic heterocycles. The SMILES string of the molecule is CNC(=O)CN(C)c1nc2ccc(O)cc2o1. The lowest BCUT2D eigenvalue weighted by molar-refractivity contribution is -0.119. The van der Waals surface area contributed by atoms with Crippen LogP contribution in [-0.2, 0) is 4.79 Å². The minimum Gasteiger partial charge on any atom is -0.508 e. The summed E-state index contributed by atoms with van der Waals surface area (Å²) in [6.07, 6.45) is 0. The first-order valence-electron chi connectivity index (χ1n) is 5.11. The number of hydrogen-bond acceptors (Lipinski definition) is 5. The van der Waals surface area contributed by atoms with Crippen LogP contribution in [-0.4, -0.2) is 36.6 Å². The van der Waals surface area contributed by atoms with Gasteiger partial charge in [-0.05, 0) is 12.1 Å². The van der Waals surface area contributed by atoms with Crippen molar-refractivity contribution in [1.29, 1.82) is 0 Å². The molecule has 0 fully saturated rings. The second-order valence-corrected chi connectivity index (χ2v) is 3.68. The van der Waals surface area contributed by atoms with E-state index in [2.05, 4.69) is 10.3 Å². The Kier molecular flexibility index (Phi) is 2.86. The fourth-order valence-corrected chi connectivity index (χ4v) is 1.43. The van der Waals surface area contributed by atoms with Crippen LogP contribution in [0.5, 0.6) is 5.75 Å². The normalized spacial score (nSPS) is 10.5. The molecule has 0 spiro atoms. The quantitative estimate of drug-likeness (QED) is 0.819. The van der Waals surface area contributed by atoms with Gasteiger partial charge in [-0.15, -0.1) is 0 Å². The molecule has 0 saturated heterocycles. The number of fused-ring (bicyclic) bond motifs is 1. The van der Waals surface area contributed by atoms with Crippen molar-refractivity contribution in [2.24, 2.45) is 0 Å². The lowest BCUT2D eigenvalue weighted by Crippen LogP contribution is -2.33. The molecule has 2 N–H and O–H groups in total. The van der Waals surface area contributed by atoms with Crippen molar-refractivity contribution >= 4 is 23.0 Å². The zero-order chi connectivity index (χ0) is 12.4. The molecule has 1 amide bonds. The lowest BCUT2D eigenvalue weighted by atomic mass is 10.3. The van der Waals surface area contributed by atoms with Crippen molar-refractivity contribution in [1.82, 2.24) is 10.3 Å². The Morgan fingerprint density at radius 2 is 2.35 bits per heavy atom. The van der Waals surface area contributed by atoms with Gasteiger partial charge in [0.15, 0.2) is 5.58 Å². The molecule has 0 bridgehead atoms. The lowest BCUT2D eigenvalue weighted by Gasteiger charge is -2.12. The van der Waals surface area contributed by atoms with Crippen LogP contribution < -0.4 is 10.2 Å². The van der Waals surface area contributed by atoms with Crippen LogP contribution in [0.4, 0.5) is 6.01 Å². The molecule has 1 heterocycles. The van der Waals surface area contributed by atoms with E-state index in [0.717, 1.165) is 0 Å². The summed E-state index contributed by atoms with van der Waals surface area (Å²) in [5.74, 6) is -0.00763. The number of nitrogens with zero attached hydrogens (tertiary/aromatic N) is 2. The number of aromatic nitrogens is 1. The van der Waals surface area contributed by atoms with E-state index in [0.29, 0.717) is 17.1 Å². The number of phenolic OH excluding ortho intramolecular Hbond substituents is 1. The predicted molar refractivity (Wildman–Crippen MR) is 63.0 cm³/mol. The monoisotopic (exact) mass is 235 g/mol. The minimum atomic E-state index is -0.127. The molecule has 1 aromatic heterocycles. The number of amides is 1. The predicted octanol–water partition coefficient (Wildman–Crippen LogP) is 0.716. The molecule has 6 nitrogen and oxygen atoms in total. The summed E-state index contributed by atoms with van der Waals surface area (Å²) in [6.45, 7) is 0.162. The standard InChI is InChI=1S/C11H13N3O3/c1-12-10(16)6-14(2)11-13-8-4-3-7(15)5-9(8)17-11/h3-5,15H,6H2,1-2H3,(H,12,16). The van der Waals surface area contributed by atoms with Gasteiger partial charge < -0.3 is 19.7 Å². The Hall–Kier alpha value is -2.24. The number of oxazole rings is 1. The van der Waals surface area contributed by atoms with Crippen LogP contribution >= 0.6 is 0 Å². The Labute approximate surface area is 97.9 Å². The van der Waals surface area contributed by atoms with Gasteiger partial charge in [-0.2, -0.15) is 4.98 Å². The Bertz CT molecular complexity index is 550. The molecular formula is C11H13N3O3. The van der Waals surface area contributed by atoms with Gasteiger partial charge in [-0.1, -0.05) is 0 Å². The molecule has 0 atom stereocenters. The van der Waals surface area contributed by atoms with Crippen LogP contribution in [0.2, 0.25) is 0 Å². The van der Waals surface area contributed by atoms with Crippen LogP contribution in [0.25, 0.3) is 11.1 Å². The van der Waals surface area contributed by atoms with Gasteiger partial charge in [-0.25, -0.2) is 0 Å². The van der Waals surface area contributed by atoms with E-state index in [1.165, 1.54) is 12.1 Å². The van der Waals surface area contributed by atoms with Crippen LogP contribution in [0, 0.1) is 0 Å². The van der Waals surface area contributed by atoms with E-state index in [-0.39, 0.29) is 18.2 Å². The molecule has 0 saturated carbocycles.